The number of ether oxygens (including phenoxy) is 3. The van der Waals surface area contributed by atoms with Crippen molar-refractivity contribution < 1.29 is 68.2 Å². The number of carbonyl (C=O) groups is 7. The Bertz CT molecular complexity index is 1580. The lowest BCUT2D eigenvalue weighted by Gasteiger charge is -2.38. The second kappa shape index (κ2) is 21.4. The Morgan fingerprint density at radius 3 is 2.30 bits per heavy atom. The lowest BCUT2D eigenvalue weighted by atomic mass is 9.99. The molecule has 0 saturated carbocycles. The van der Waals surface area contributed by atoms with Crippen LogP contribution in [0.1, 0.15) is 71.3 Å². The number of benzene rings is 1. The maximum Gasteiger partial charge on any atom is 0.335 e. The summed E-state index contributed by atoms with van der Waals surface area (Å²) >= 11 is 0. The number of nitrogens with zero attached hydrogens (tertiary/aromatic N) is 1. The van der Waals surface area contributed by atoms with E-state index in [2.05, 4.69) is 21.3 Å². The smallest absolute Gasteiger partial charge is 0.335 e. The number of aliphatic carboxylic acids is 1. The van der Waals surface area contributed by atoms with Gasteiger partial charge in [-0.15, -0.1) is 0 Å². The molecule has 312 valence electrons. The van der Waals surface area contributed by atoms with Crippen LogP contribution in [0.3, 0.4) is 0 Å². The molecule has 2 aliphatic heterocycles. The Hall–Kier alpha value is -4.89. The second-order valence-electron chi connectivity index (χ2n) is 14.2. The molecule has 1 aromatic carbocycles. The maximum atomic E-state index is 13.8. The molecular formula is C36H54N6O14. The molecule has 56 heavy (non-hydrogen) atoms. The predicted octanol–water partition coefficient (Wildman–Crippen LogP) is -0.928. The van der Waals surface area contributed by atoms with E-state index < -0.39 is 78.4 Å². The Morgan fingerprint density at radius 1 is 0.982 bits per heavy atom. The summed E-state index contributed by atoms with van der Waals surface area (Å²) in [5, 5.41) is 50.8. The molecule has 2 heterocycles. The number of nitrogens with one attached hydrogen (secondary N) is 4. The van der Waals surface area contributed by atoms with Crippen LogP contribution in [0.25, 0.3) is 0 Å². The van der Waals surface area contributed by atoms with Crippen LogP contribution in [0.15, 0.2) is 18.2 Å². The Kier molecular flexibility index (Phi) is 17.4. The van der Waals surface area contributed by atoms with Crippen molar-refractivity contribution in [2.24, 2.45) is 17.6 Å². The fraction of sp³-hybridized carbons (Fsp3) is 0.639. The van der Waals surface area contributed by atoms with Gasteiger partial charge < -0.3 is 61.6 Å². The maximum absolute atomic E-state index is 13.8. The topological polar surface area (TPSA) is 305 Å². The van der Waals surface area contributed by atoms with E-state index in [9.17, 15) is 54.0 Å². The largest absolute Gasteiger partial charge is 0.479 e. The molecule has 7 amide bonds. The number of imide groups is 1. The van der Waals surface area contributed by atoms with Crippen molar-refractivity contribution in [2.75, 3.05) is 25.5 Å². The average molecular weight is 795 g/mol. The fourth-order valence-electron chi connectivity index (χ4n) is 6.16. The zero-order valence-electron chi connectivity index (χ0n) is 31.9. The molecular weight excluding hydrogens is 740 g/mol. The standard InChI is InChI=1S/C36H54N6O14/c1-18(2)26(41-24(43)10-6-5-7-14-42-25(44)15-19(3)33(42)50)32(49)40-22(9-8-13-38-36(37)53)31(48)39-21-12-11-20(17-54-4)16-23(21)55-35-29(47)27(45)28(46)30(56-35)34(51)52/h11-12,16,18-19,22,26-30,35,45-47H,5-10,13-15,17H2,1-4H3,(H,39,48)(H,40,49)(H,41,43)(H,51,52)(H3,37,38,53)/t19?,22-,26-,27+,28+,29-,30+,35?/m0/s1. The molecule has 2 unspecified atom stereocenters. The number of aliphatic hydroxyl groups excluding tert-OH is 3. The number of urea groups is 1. The van der Waals surface area contributed by atoms with Gasteiger partial charge in [-0.1, -0.05) is 33.3 Å². The molecule has 8 atom stereocenters. The quantitative estimate of drug-likeness (QED) is 0.0537. The minimum Gasteiger partial charge on any atom is -0.479 e. The molecule has 3 rings (SSSR count). The number of carboxylic acids is 1. The molecule has 0 radical (unpaired) electrons. The summed E-state index contributed by atoms with van der Waals surface area (Å²) in [6.45, 7) is 5.54. The second-order valence-corrected chi connectivity index (χ2v) is 14.2. The zero-order valence-corrected chi connectivity index (χ0v) is 31.9. The van der Waals surface area contributed by atoms with E-state index in [0.717, 1.165) is 0 Å². The van der Waals surface area contributed by atoms with Gasteiger partial charge in [0.05, 0.1) is 12.3 Å². The van der Waals surface area contributed by atoms with E-state index in [0.29, 0.717) is 24.8 Å². The summed E-state index contributed by atoms with van der Waals surface area (Å²) in [5.41, 5.74) is 5.66. The summed E-state index contributed by atoms with van der Waals surface area (Å²) in [6.07, 6.45) is -7.63. The predicted molar refractivity (Wildman–Crippen MR) is 195 cm³/mol. The van der Waals surface area contributed by atoms with Crippen molar-refractivity contribution >= 4 is 47.2 Å². The van der Waals surface area contributed by atoms with Crippen LogP contribution in [0.2, 0.25) is 0 Å². The number of anilines is 1. The van der Waals surface area contributed by atoms with Crippen molar-refractivity contribution in [1.82, 2.24) is 20.9 Å². The van der Waals surface area contributed by atoms with Gasteiger partial charge >= 0.3 is 12.0 Å². The highest BCUT2D eigenvalue weighted by molar-refractivity contribution is 6.03. The van der Waals surface area contributed by atoms with Gasteiger partial charge in [-0.05, 0) is 49.3 Å². The van der Waals surface area contributed by atoms with Gasteiger partial charge in [-0.3, -0.25) is 28.9 Å². The van der Waals surface area contributed by atoms with Crippen molar-refractivity contribution in [3.05, 3.63) is 23.8 Å². The number of amides is 7. The van der Waals surface area contributed by atoms with Crippen LogP contribution in [0, 0.1) is 11.8 Å². The van der Waals surface area contributed by atoms with Crippen molar-refractivity contribution in [3.63, 3.8) is 0 Å². The SMILES string of the molecule is COCc1ccc(NC(=O)[C@H](CCCNC(N)=O)NC(=O)[C@@H](NC(=O)CCCCCN2C(=O)CC(C)C2=O)C(C)C)c(OC2O[C@@H](C(=O)O)[C@H](O)[C@@H](O)[C@@H]2O)c1. The molecule has 20 nitrogen and oxygen atoms in total. The summed E-state index contributed by atoms with van der Waals surface area (Å²) in [5.74, 6) is -4.77. The molecule has 0 bridgehead atoms. The van der Waals surface area contributed by atoms with Gasteiger partial charge in [-0.2, -0.15) is 0 Å². The van der Waals surface area contributed by atoms with Crippen LogP contribution in [0.4, 0.5) is 10.5 Å². The van der Waals surface area contributed by atoms with E-state index in [4.69, 9.17) is 19.9 Å². The summed E-state index contributed by atoms with van der Waals surface area (Å²) in [7, 11) is 1.43. The van der Waals surface area contributed by atoms with Crippen LogP contribution in [-0.2, 0) is 44.8 Å². The number of carbonyl (C=O) groups excluding carboxylic acids is 6. The Labute approximate surface area is 323 Å². The first kappa shape index (κ1) is 45.5. The molecule has 0 aromatic heterocycles. The zero-order chi connectivity index (χ0) is 41.7. The fourth-order valence-corrected chi connectivity index (χ4v) is 6.16. The van der Waals surface area contributed by atoms with Crippen molar-refractivity contribution in [2.45, 2.75) is 115 Å². The van der Waals surface area contributed by atoms with Gasteiger partial charge in [0.2, 0.25) is 35.8 Å². The Morgan fingerprint density at radius 2 is 1.70 bits per heavy atom. The molecule has 0 aliphatic carbocycles. The summed E-state index contributed by atoms with van der Waals surface area (Å²) in [4.78, 5) is 88.6. The van der Waals surface area contributed by atoms with Gasteiger partial charge in [0.1, 0.15) is 36.1 Å². The average Bonchev–Trinajstić information content (AvgIpc) is 3.37. The minimum atomic E-state index is -1.97. The summed E-state index contributed by atoms with van der Waals surface area (Å²) in [6, 6.07) is 1.31. The molecule has 10 N–H and O–H groups in total. The Balaban J connectivity index is 1.72. The van der Waals surface area contributed by atoms with Crippen LogP contribution >= 0.6 is 0 Å². The number of hydrogen-bond donors (Lipinski definition) is 9. The number of carboxylic acid groups (broad SMARTS) is 1. The summed E-state index contributed by atoms with van der Waals surface area (Å²) < 4.78 is 16.2. The lowest BCUT2D eigenvalue weighted by Crippen LogP contribution is -2.61. The van der Waals surface area contributed by atoms with E-state index in [1.807, 2.05) is 0 Å². The van der Waals surface area contributed by atoms with Crippen LogP contribution in [-0.4, -0.2) is 130 Å². The van der Waals surface area contributed by atoms with Crippen LogP contribution < -0.4 is 31.7 Å². The number of nitrogens with two attached hydrogens (primary N) is 1. The van der Waals surface area contributed by atoms with E-state index in [1.54, 1.807) is 26.8 Å². The van der Waals surface area contributed by atoms with E-state index in [-0.39, 0.29) is 74.5 Å². The highest BCUT2D eigenvalue weighted by Crippen LogP contribution is 2.31. The number of aliphatic hydroxyl groups is 3. The molecule has 2 aliphatic rings. The van der Waals surface area contributed by atoms with Crippen molar-refractivity contribution in [3.8, 4) is 5.75 Å². The highest BCUT2D eigenvalue weighted by Gasteiger charge is 2.48. The molecule has 0 spiro atoms. The van der Waals surface area contributed by atoms with Crippen LogP contribution in [0.5, 0.6) is 5.75 Å². The molecule has 1 aromatic rings. The normalized spacial score (nSPS) is 23.3. The number of likely N-dealkylation sites (tertiary alicyclic amines) is 1. The third kappa shape index (κ3) is 12.8. The van der Waals surface area contributed by atoms with Crippen molar-refractivity contribution in [1.29, 1.82) is 0 Å². The number of hydrogen-bond acceptors (Lipinski definition) is 13. The minimum absolute atomic E-state index is 0.00973. The van der Waals surface area contributed by atoms with Gasteiger partial charge in [0.15, 0.2) is 6.10 Å². The number of unbranched alkanes of at least 4 members (excludes halogenated alkanes) is 2. The number of methoxy groups -OCH3 is 1. The number of primary amides is 1. The molecule has 2 fully saturated rings. The molecule has 2 saturated heterocycles. The highest BCUT2D eigenvalue weighted by atomic mass is 16.7. The number of rotatable bonds is 21. The van der Waals surface area contributed by atoms with Gasteiger partial charge in [-0.25, -0.2) is 9.59 Å². The third-order valence-electron chi connectivity index (χ3n) is 9.29. The monoisotopic (exact) mass is 794 g/mol. The van der Waals surface area contributed by atoms with Gasteiger partial charge in [0.25, 0.3) is 0 Å². The van der Waals surface area contributed by atoms with Gasteiger partial charge in [0, 0.05) is 39.0 Å². The first-order valence-corrected chi connectivity index (χ1v) is 18.4. The lowest BCUT2D eigenvalue weighted by molar-refractivity contribution is -0.271. The first-order chi connectivity index (χ1) is 26.4. The van der Waals surface area contributed by atoms with E-state index >= 15 is 0 Å². The third-order valence-corrected chi connectivity index (χ3v) is 9.29. The van der Waals surface area contributed by atoms with E-state index in [1.165, 1.54) is 24.1 Å². The molecule has 20 heteroatoms. The first-order valence-electron chi connectivity index (χ1n) is 18.4.